The first kappa shape index (κ1) is 13.5. The fourth-order valence-electron chi connectivity index (χ4n) is 2.07. The van der Waals surface area contributed by atoms with Crippen LogP contribution in [-0.4, -0.2) is 27.9 Å². The Hall–Kier alpha value is -1.88. The van der Waals surface area contributed by atoms with Crippen molar-refractivity contribution in [1.29, 1.82) is 0 Å². The largest absolute Gasteiger partial charge is 0.364 e. The van der Waals surface area contributed by atoms with Crippen LogP contribution in [0.3, 0.4) is 0 Å². The smallest absolute Gasteiger partial charge is 0.146 e. The van der Waals surface area contributed by atoms with Crippen LogP contribution in [-0.2, 0) is 13.1 Å². The summed E-state index contributed by atoms with van der Waals surface area (Å²) in [5, 5.41) is 4.22. The summed E-state index contributed by atoms with van der Waals surface area (Å²) in [5.41, 5.74) is 6.82. The molecule has 2 aromatic rings. The van der Waals surface area contributed by atoms with Crippen molar-refractivity contribution in [2.45, 2.75) is 26.4 Å². The summed E-state index contributed by atoms with van der Waals surface area (Å²) >= 11 is 0. The van der Waals surface area contributed by atoms with Crippen molar-refractivity contribution in [1.82, 2.24) is 14.8 Å². The summed E-state index contributed by atoms with van der Waals surface area (Å²) in [5.74, 6) is 0.989. The highest BCUT2D eigenvalue weighted by atomic mass is 15.3. The summed E-state index contributed by atoms with van der Waals surface area (Å²) in [7, 11) is 0. The van der Waals surface area contributed by atoms with Crippen molar-refractivity contribution >= 4 is 5.69 Å². The lowest BCUT2D eigenvalue weighted by atomic mass is 10.2. The molecule has 5 heteroatoms. The third-order valence-corrected chi connectivity index (χ3v) is 3.08. The minimum atomic E-state index is 0.698. The fraction of sp³-hybridized carbons (Fsp3) is 0.429. The van der Waals surface area contributed by atoms with Crippen LogP contribution >= 0.6 is 0 Å². The molecule has 0 radical (unpaired) electrons. The molecule has 0 aliphatic heterocycles. The number of nitrogens with two attached hydrogens (primary N) is 1. The van der Waals surface area contributed by atoms with E-state index in [-0.39, 0.29) is 0 Å². The van der Waals surface area contributed by atoms with Gasteiger partial charge >= 0.3 is 0 Å². The summed E-state index contributed by atoms with van der Waals surface area (Å²) in [6.07, 6.45) is 2.58. The van der Waals surface area contributed by atoms with Gasteiger partial charge in [0.05, 0.1) is 6.54 Å². The Balaban J connectivity index is 2.14. The number of hydrogen-bond donors (Lipinski definition) is 1. The van der Waals surface area contributed by atoms with E-state index < -0.39 is 0 Å². The van der Waals surface area contributed by atoms with E-state index in [0.717, 1.165) is 31.9 Å². The lowest BCUT2D eigenvalue weighted by molar-refractivity contribution is 0.597. The Labute approximate surface area is 114 Å². The molecule has 0 aliphatic rings. The van der Waals surface area contributed by atoms with E-state index in [2.05, 4.69) is 46.2 Å². The predicted molar refractivity (Wildman–Crippen MR) is 76.9 cm³/mol. The number of nitrogens with zero attached hydrogens (tertiary/aromatic N) is 4. The van der Waals surface area contributed by atoms with Crippen molar-refractivity contribution in [2.24, 2.45) is 5.73 Å². The molecular weight excluding hydrogens is 238 g/mol. The molecule has 0 saturated heterocycles. The van der Waals surface area contributed by atoms with Crippen molar-refractivity contribution in [3.8, 4) is 0 Å². The zero-order chi connectivity index (χ0) is 13.5. The lowest BCUT2D eigenvalue weighted by Gasteiger charge is -2.24. The third kappa shape index (κ3) is 3.54. The van der Waals surface area contributed by atoms with Crippen LogP contribution in [0.25, 0.3) is 0 Å². The van der Waals surface area contributed by atoms with Crippen molar-refractivity contribution in [3.63, 3.8) is 0 Å². The number of aromatic nitrogens is 3. The molecule has 0 fully saturated rings. The number of rotatable bonds is 7. The molecule has 0 amide bonds. The molecule has 2 N–H and O–H groups in total. The molecule has 1 aromatic carbocycles. The van der Waals surface area contributed by atoms with Gasteiger partial charge in [0.2, 0.25) is 0 Å². The fourth-order valence-corrected chi connectivity index (χ4v) is 2.07. The van der Waals surface area contributed by atoms with E-state index >= 15 is 0 Å². The van der Waals surface area contributed by atoms with Crippen LogP contribution in [0.1, 0.15) is 19.2 Å². The second-order valence-corrected chi connectivity index (χ2v) is 4.39. The zero-order valence-electron chi connectivity index (χ0n) is 11.4. The number of anilines is 1. The van der Waals surface area contributed by atoms with Gasteiger partial charge in [-0.1, -0.05) is 18.2 Å². The van der Waals surface area contributed by atoms with Crippen LogP contribution in [0, 0.1) is 0 Å². The Morgan fingerprint density at radius 1 is 1.26 bits per heavy atom. The predicted octanol–water partition coefficient (Wildman–Crippen LogP) is 1.65. The number of hydrogen-bond acceptors (Lipinski definition) is 4. The first-order valence-corrected chi connectivity index (χ1v) is 6.72. The van der Waals surface area contributed by atoms with Crippen molar-refractivity contribution in [2.75, 3.05) is 18.0 Å². The molecule has 1 heterocycles. The van der Waals surface area contributed by atoms with Crippen LogP contribution in [0.2, 0.25) is 0 Å². The topological polar surface area (TPSA) is 60.0 Å². The molecular formula is C14H21N5. The van der Waals surface area contributed by atoms with Gasteiger partial charge in [-0.15, -0.1) is 0 Å². The maximum Gasteiger partial charge on any atom is 0.146 e. The SMILES string of the molecule is CCn1ncnc1CN(CCCN)c1ccccc1. The van der Waals surface area contributed by atoms with Crippen molar-refractivity contribution < 1.29 is 0 Å². The van der Waals surface area contributed by atoms with E-state index in [4.69, 9.17) is 5.73 Å². The zero-order valence-corrected chi connectivity index (χ0v) is 11.4. The van der Waals surface area contributed by atoms with Crippen LogP contribution in [0.5, 0.6) is 0 Å². The average Bonchev–Trinajstić information content (AvgIpc) is 2.91. The molecule has 102 valence electrons. The Bertz CT molecular complexity index is 480. The van der Waals surface area contributed by atoms with Crippen molar-refractivity contribution in [3.05, 3.63) is 42.5 Å². The summed E-state index contributed by atoms with van der Waals surface area (Å²) in [6.45, 7) is 5.30. The molecule has 1 aromatic heterocycles. The molecule has 19 heavy (non-hydrogen) atoms. The Kier molecular flexibility index (Phi) is 4.92. The first-order chi connectivity index (χ1) is 9.35. The van der Waals surface area contributed by atoms with Gasteiger partial charge in [-0.25, -0.2) is 9.67 Å². The van der Waals surface area contributed by atoms with E-state index in [0.29, 0.717) is 6.54 Å². The maximum absolute atomic E-state index is 5.62. The first-order valence-electron chi connectivity index (χ1n) is 6.72. The third-order valence-electron chi connectivity index (χ3n) is 3.08. The second kappa shape index (κ2) is 6.89. The van der Waals surface area contributed by atoms with Gasteiger partial charge in [-0.05, 0) is 32.0 Å². The Morgan fingerprint density at radius 3 is 2.74 bits per heavy atom. The van der Waals surface area contributed by atoms with Gasteiger partial charge in [-0.2, -0.15) is 5.10 Å². The van der Waals surface area contributed by atoms with Gasteiger partial charge < -0.3 is 10.6 Å². The van der Waals surface area contributed by atoms with E-state index in [1.54, 1.807) is 6.33 Å². The Morgan fingerprint density at radius 2 is 2.05 bits per heavy atom. The minimum Gasteiger partial charge on any atom is -0.364 e. The molecule has 0 aliphatic carbocycles. The highest BCUT2D eigenvalue weighted by molar-refractivity contribution is 5.45. The molecule has 0 unspecified atom stereocenters. The van der Waals surface area contributed by atoms with Gasteiger partial charge in [0.25, 0.3) is 0 Å². The maximum atomic E-state index is 5.62. The average molecular weight is 259 g/mol. The molecule has 0 atom stereocenters. The van der Waals surface area contributed by atoms with Crippen LogP contribution in [0.15, 0.2) is 36.7 Å². The van der Waals surface area contributed by atoms with E-state index in [1.165, 1.54) is 5.69 Å². The normalized spacial score (nSPS) is 10.6. The lowest BCUT2D eigenvalue weighted by Crippen LogP contribution is -2.27. The summed E-state index contributed by atoms with van der Waals surface area (Å²) in [4.78, 5) is 6.63. The second-order valence-electron chi connectivity index (χ2n) is 4.39. The molecule has 5 nitrogen and oxygen atoms in total. The van der Waals surface area contributed by atoms with Gasteiger partial charge in [0, 0.05) is 18.8 Å². The molecule has 0 bridgehead atoms. The summed E-state index contributed by atoms with van der Waals surface area (Å²) < 4.78 is 1.93. The highest BCUT2D eigenvalue weighted by Crippen LogP contribution is 2.16. The van der Waals surface area contributed by atoms with Gasteiger partial charge in [0.1, 0.15) is 12.2 Å². The van der Waals surface area contributed by atoms with E-state index in [1.807, 2.05) is 10.7 Å². The monoisotopic (exact) mass is 259 g/mol. The summed E-state index contributed by atoms with van der Waals surface area (Å²) in [6, 6.07) is 10.4. The van der Waals surface area contributed by atoms with E-state index in [9.17, 15) is 0 Å². The highest BCUT2D eigenvalue weighted by Gasteiger charge is 2.10. The van der Waals surface area contributed by atoms with Crippen LogP contribution in [0.4, 0.5) is 5.69 Å². The number of aryl methyl sites for hydroxylation is 1. The van der Waals surface area contributed by atoms with Crippen LogP contribution < -0.4 is 10.6 Å². The van der Waals surface area contributed by atoms with Gasteiger partial charge in [0.15, 0.2) is 0 Å². The minimum absolute atomic E-state index is 0.698. The molecule has 0 spiro atoms. The molecule has 0 saturated carbocycles. The van der Waals surface area contributed by atoms with Gasteiger partial charge in [-0.3, -0.25) is 0 Å². The standard InChI is InChI=1S/C14H21N5/c1-2-19-14(16-12-17-19)11-18(10-6-9-15)13-7-4-3-5-8-13/h3-5,7-8,12H,2,6,9-11,15H2,1H3. The number of benzene rings is 1. The number of para-hydroxylation sites is 1. The quantitative estimate of drug-likeness (QED) is 0.821. The molecule has 2 rings (SSSR count).